The van der Waals surface area contributed by atoms with E-state index < -0.39 is 0 Å². The molecule has 0 fully saturated rings. The highest BCUT2D eigenvalue weighted by atomic mass is 32.1. The van der Waals surface area contributed by atoms with E-state index in [1.807, 2.05) is 18.4 Å². The molecule has 0 aromatic carbocycles. The van der Waals surface area contributed by atoms with E-state index in [0.29, 0.717) is 5.69 Å². The van der Waals surface area contributed by atoms with Crippen LogP contribution in [0.3, 0.4) is 0 Å². The van der Waals surface area contributed by atoms with Crippen LogP contribution in [0.2, 0.25) is 0 Å². The van der Waals surface area contributed by atoms with Gasteiger partial charge in [-0.1, -0.05) is 0 Å². The lowest BCUT2D eigenvalue weighted by molar-refractivity contribution is 1.15. The maximum absolute atomic E-state index is 11.3. The maximum Gasteiger partial charge on any atom is 0.274 e. The fourth-order valence-electron chi connectivity index (χ4n) is 1.13. The van der Waals surface area contributed by atoms with Gasteiger partial charge in [-0.2, -0.15) is 0 Å². The second kappa shape index (κ2) is 3.14. The number of aryl methyl sites for hydroxylation is 1. The third kappa shape index (κ3) is 1.53. The summed E-state index contributed by atoms with van der Waals surface area (Å²) in [5.41, 5.74) is 1.25. The van der Waals surface area contributed by atoms with Crippen molar-refractivity contribution in [3.63, 3.8) is 0 Å². The van der Waals surface area contributed by atoms with Crippen molar-refractivity contribution in [2.24, 2.45) is 0 Å². The van der Waals surface area contributed by atoms with Crippen molar-refractivity contribution in [2.45, 2.75) is 6.92 Å². The van der Waals surface area contributed by atoms with Crippen LogP contribution in [0.25, 0.3) is 11.3 Å². The third-order valence-electron chi connectivity index (χ3n) is 1.71. The Morgan fingerprint density at radius 2 is 2.38 bits per heavy atom. The number of hydrogen-bond acceptors (Lipinski definition) is 3. The first-order valence-electron chi connectivity index (χ1n) is 3.86. The fourth-order valence-corrected chi connectivity index (χ4v) is 1.81. The second-order valence-corrected chi connectivity index (χ2v) is 3.83. The summed E-state index contributed by atoms with van der Waals surface area (Å²) >= 11 is 1.62. The van der Waals surface area contributed by atoms with Crippen LogP contribution in [-0.2, 0) is 0 Å². The predicted octanol–water partition coefficient (Wildman–Crippen LogP) is 1.81. The van der Waals surface area contributed by atoms with Gasteiger partial charge in [0.1, 0.15) is 5.69 Å². The Kier molecular flexibility index (Phi) is 1.98. The zero-order chi connectivity index (χ0) is 9.26. The smallest absolute Gasteiger partial charge is 0.274 e. The number of H-pyrrole nitrogens is 1. The summed E-state index contributed by atoms with van der Waals surface area (Å²) in [7, 11) is 0. The Morgan fingerprint density at radius 1 is 1.54 bits per heavy atom. The van der Waals surface area contributed by atoms with Crippen LogP contribution in [0.5, 0.6) is 0 Å². The molecule has 1 N–H and O–H groups in total. The largest absolute Gasteiger partial charge is 0.326 e. The van der Waals surface area contributed by atoms with E-state index in [4.69, 9.17) is 0 Å². The third-order valence-corrected chi connectivity index (χ3v) is 2.57. The summed E-state index contributed by atoms with van der Waals surface area (Å²) in [6.45, 7) is 2.01. The monoisotopic (exact) mass is 192 g/mol. The molecule has 66 valence electrons. The summed E-state index contributed by atoms with van der Waals surface area (Å²) in [5.74, 6) is 0. The first-order valence-corrected chi connectivity index (χ1v) is 4.74. The summed E-state index contributed by atoms with van der Waals surface area (Å²) in [6.07, 6.45) is 3.12. The normalized spacial score (nSPS) is 10.2. The molecule has 2 rings (SSSR count). The average Bonchev–Trinajstić information content (AvgIpc) is 2.53. The molecule has 0 radical (unpaired) electrons. The minimum atomic E-state index is -0.139. The molecule has 0 aliphatic rings. The van der Waals surface area contributed by atoms with Gasteiger partial charge in [0.2, 0.25) is 0 Å². The van der Waals surface area contributed by atoms with E-state index in [1.165, 1.54) is 11.1 Å². The van der Waals surface area contributed by atoms with Crippen LogP contribution in [0.1, 0.15) is 4.88 Å². The van der Waals surface area contributed by atoms with Crippen molar-refractivity contribution in [1.82, 2.24) is 9.97 Å². The molecule has 0 bridgehead atoms. The van der Waals surface area contributed by atoms with E-state index in [-0.39, 0.29) is 5.56 Å². The fraction of sp³-hybridized carbons (Fsp3) is 0.111. The molecule has 2 aromatic rings. The van der Waals surface area contributed by atoms with Gasteiger partial charge >= 0.3 is 0 Å². The van der Waals surface area contributed by atoms with Gasteiger partial charge in [-0.3, -0.25) is 4.79 Å². The molecular formula is C9H8N2OS. The van der Waals surface area contributed by atoms with Crippen LogP contribution in [0, 0.1) is 6.92 Å². The minimum Gasteiger partial charge on any atom is -0.326 e. The van der Waals surface area contributed by atoms with Gasteiger partial charge in [-0.15, -0.1) is 11.3 Å². The van der Waals surface area contributed by atoms with Crippen LogP contribution < -0.4 is 5.56 Å². The van der Waals surface area contributed by atoms with E-state index in [0.717, 1.165) is 5.56 Å². The van der Waals surface area contributed by atoms with Crippen molar-refractivity contribution >= 4 is 11.3 Å². The topological polar surface area (TPSA) is 45.8 Å². The molecule has 0 saturated heterocycles. The maximum atomic E-state index is 11.3. The lowest BCUT2D eigenvalue weighted by atomic mass is 10.2. The molecule has 0 aliphatic heterocycles. The van der Waals surface area contributed by atoms with Crippen LogP contribution in [-0.4, -0.2) is 9.97 Å². The number of aromatic amines is 1. The number of nitrogens with zero attached hydrogens (tertiary/aromatic N) is 1. The number of nitrogens with one attached hydrogen (secondary N) is 1. The van der Waals surface area contributed by atoms with Gasteiger partial charge in [0.15, 0.2) is 0 Å². The Hall–Kier alpha value is -1.42. The lowest BCUT2D eigenvalue weighted by Crippen LogP contribution is -2.08. The number of hydrogen-bond donors (Lipinski definition) is 1. The van der Waals surface area contributed by atoms with E-state index in [9.17, 15) is 4.79 Å². The Morgan fingerprint density at radius 3 is 3.00 bits per heavy atom. The van der Waals surface area contributed by atoms with Crippen molar-refractivity contribution < 1.29 is 0 Å². The molecule has 0 saturated carbocycles. The zero-order valence-corrected chi connectivity index (χ0v) is 7.89. The Labute approximate surface area is 79.1 Å². The average molecular weight is 192 g/mol. The van der Waals surface area contributed by atoms with Gasteiger partial charge in [0.05, 0.1) is 0 Å². The highest BCUT2D eigenvalue weighted by molar-refractivity contribution is 7.10. The molecule has 3 nitrogen and oxygen atoms in total. The second-order valence-electron chi connectivity index (χ2n) is 2.71. The predicted molar refractivity (Wildman–Crippen MR) is 52.9 cm³/mol. The van der Waals surface area contributed by atoms with Gasteiger partial charge < -0.3 is 4.98 Å². The van der Waals surface area contributed by atoms with Crippen molar-refractivity contribution in [3.8, 4) is 11.3 Å². The van der Waals surface area contributed by atoms with Crippen LogP contribution in [0.15, 0.2) is 28.6 Å². The molecule has 2 heterocycles. The first-order chi connectivity index (χ1) is 6.27. The molecule has 0 atom stereocenters. The van der Waals surface area contributed by atoms with Gasteiger partial charge in [-0.25, -0.2) is 4.98 Å². The molecular weight excluding hydrogens is 184 g/mol. The van der Waals surface area contributed by atoms with Gasteiger partial charge in [0.25, 0.3) is 5.56 Å². The standard InChI is InChI=1S/C9H8N2OS/c1-6-4-7(5-13-6)8-9(12)11-3-2-10-8/h2-5H,1H3,(H,11,12). The summed E-state index contributed by atoms with van der Waals surface area (Å²) < 4.78 is 0. The van der Waals surface area contributed by atoms with E-state index >= 15 is 0 Å². The summed E-state index contributed by atoms with van der Waals surface area (Å²) in [6, 6.07) is 1.96. The summed E-state index contributed by atoms with van der Waals surface area (Å²) in [4.78, 5) is 19.1. The van der Waals surface area contributed by atoms with Crippen molar-refractivity contribution in [1.29, 1.82) is 0 Å². The Bertz CT molecular complexity index is 472. The highest BCUT2D eigenvalue weighted by Gasteiger charge is 2.04. The molecule has 0 spiro atoms. The van der Waals surface area contributed by atoms with Crippen molar-refractivity contribution in [2.75, 3.05) is 0 Å². The lowest BCUT2D eigenvalue weighted by Gasteiger charge is -1.92. The minimum absolute atomic E-state index is 0.139. The molecule has 13 heavy (non-hydrogen) atoms. The van der Waals surface area contributed by atoms with Crippen LogP contribution >= 0.6 is 11.3 Å². The molecule has 2 aromatic heterocycles. The van der Waals surface area contributed by atoms with E-state index in [2.05, 4.69) is 9.97 Å². The SMILES string of the molecule is Cc1cc(-c2ncc[nH]c2=O)cs1. The van der Waals surface area contributed by atoms with Crippen molar-refractivity contribution in [3.05, 3.63) is 39.1 Å². The Balaban J connectivity index is 2.59. The van der Waals surface area contributed by atoms with Gasteiger partial charge in [0, 0.05) is 28.2 Å². The first kappa shape index (κ1) is 8.19. The highest BCUT2D eigenvalue weighted by Crippen LogP contribution is 2.20. The molecule has 0 amide bonds. The van der Waals surface area contributed by atoms with Gasteiger partial charge in [-0.05, 0) is 13.0 Å². The molecule has 0 aliphatic carbocycles. The zero-order valence-electron chi connectivity index (χ0n) is 7.07. The van der Waals surface area contributed by atoms with E-state index in [1.54, 1.807) is 17.5 Å². The van der Waals surface area contributed by atoms with Crippen LogP contribution in [0.4, 0.5) is 0 Å². The quantitative estimate of drug-likeness (QED) is 0.749. The summed E-state index contributed by atoms with van der Waals surface area (Å²) in [5, 5.41) is 1.94. The number of rotatable bonds is 1. The molecule has 4 heteroatoms. The number of thiophene rings is 1. The molecule has 0 unspecified atom stereocenters. The number of aromatic nitrogens is 2.